The highest BCUT2D eigenvalue weighted by molar-refractivity contribution is 7.80. The third kappa shape index (κ3) is 4.89. The Balaban J connectivity index is 1.91. The lowest BCUT2D eigenvalue weighted by Gasteiger charge is -2.14. The molecule has 8 nitrogen and oxygen atoms in total. The maximum atomic E-state index is 13.2. The van der Waals surface area contributed by atoms with E-state index in [9.17, 15) is 20.0 Å². The van der Waals surface area contributed by atoms with E-state index in [-0.39, 0.29) is 28.6 Å². The van der Waals surface area contributed by atoms with Crippen molar-refractivity contribution in [2.75, 3.05) is 0 Å². The van der Waals surface area contributed by atoms with Crippen molar-refractivity contribution in [1.82, 2.24) is 5.32 Å². The Kier molecular flexibility index (Phi) is 6.43. The highest BCUT2D eigenvalue weighted by Gasteiger charge is 2.33. The molecule has 3 aromatic rings. The number of aliphatic hydroxyl groups excluding tert-OH is 1. The molecule has 0 fully saturated rings. The standard InChI is InChI=1S/C20H17N3O5S/c24-13-14-3-1-9-22(12-14)18(20(29)21-11-17-4-2-10-28-17)19(25)15-5-7-16(8-6-15)23(26)27/h1-10,12,18,24H,11,13H2/p+1/t18-/m1/s1. The minimum Gasteiger partial charge on any atom is -0.467 e. The summed E-state index contributed by atoms with van der Waals surface area (Å²) in [6, 6.07) is 11.4. The molecular formula is C20H18N3O5S+. The quantitative estimate of drug-likeness (QED) is 0.192. The molecule has 0 radical (unpaired) electrons. The Labute approximate surface area is 171 Å². The molecule has 2 heterocycles. The van der Waals surface area contributed by atoms with Crippen molar-refractivity contribution in [3.8, 4) is 0 Å². The second kappa shape index (κ2) is 9.18. The lowest BCUT2D eigenvalue weighted by atomic mass is 10.0. The van der Waals surface area contributed by atoms with Crippen LogP contribution in [0.5, 0.6) is 0 Å². The summed E-state index contributed by atoms with van der Waals surface area (Å²) >= 11 is 5.49. The molecule has 0 aliphatic carbocycles. The van der Waals surface area contributed by atoms with Crippen LogP contribution in [0.2, 0.25) is 0 Å². The van der Waals surface area contributed by atoms with Crippen LogP contribution >= 0.6 is 12.2 Å². The average molecular weight is 412 g/mol. The number of carbonyl (C=O) groups excluding carboxylic acids is 1. The van der Waals surface area contributed by atoms with Crippen molar-refractivity contribution in [1.29, 1.82) is 0 Å². The maximum Gasteiger partial charge on any atom is 0.270 e. The minimum absolute atomic E-state index is 0.105. The first-order valence-corrected chi connectivity index (χ1v) is 9.09. The van der Waals surface area contributed by atoms with E-state index in [2.05, 4.69) is 5.32 Å². The molecule has 0 aliphatic rings. The zero-order valence-corrected chi connectivity index (χ0v) is 16.0. The minimum atomic E-state index is -0.895. The van der Waals surface area contributed by atoms with Crippen LogP contribution in [0.1, 0.15) is 27.7 Å². The van der Waals surface area contributed by atoms with Gasteiger partial charge in [0.2, 0.25) is 5.78 Å². The molecule has 0 aliphatic heterocycles. The number of aromatic nitrogens is 1. The van der Waals surface area contributed by atoms with Gasteiger partial charge in [-0.15, -0.1) is 0 Å². The number of carbonyl (C=O) groups is 1. The molecule has 29 heavy (non-hydrogen) atoms. The van der Waals surface area contributed by atoms with Crippen LogP contribution in [0.3, 0.4) is 0 Å². The summed E-state index contributed by atoms with van der Waals surface area (Å²) in [6.07, 6.45) is 4.85. The Morgan fingerprint density at radius 2 is 2.00 bits per heavy atom. The van der Waals surface area contributed by atoms with Gasteiger partial charge in [-0.2, -0.15) is 4.57 Å². The molecule has 2 N–H and O–H groups in total. The molecule has 1 aromatic carbocycles. The third-order valence-electron chi connectivity index (χ3n) is 4.24. The van der Waals surface area contributed by atoms with E-state index in [1.54, 1.807) is 47.5 Å². The largest absolute Gasteiger partial charge is 0.467 e. The molecule has 1 atom stereocenters. The molecule has 9 heteroatoms. The highest BCUT2D eigenvalue weighted by atomic mass is 32.1. The Bertz CT molecular complexity index is 1020. The number of nitro groups is 1. The number of Topliss-reactive ketones (excluding diaryl/α,β-unsaturated/α-hetero) is 1. The van der Waals surface area contributed by atoms with Crippen molar-refractivity contribution in [2.45, 2.75) is 19.2 Å². The van der Waals surface area contributed by atoms with Crippen LogP contribution in [-0.4, -0.2) is 20.8 Å². The normalized spacial score (nSPS) is 11.6. The topological polar surface area (TPSA) is 109 Å². The molecule has 0 unspecified atom stereocenters. The number of nitrogens with zero attached hydrogens (tertiary/aromatic N) is 2. The summed E-state index contributed by atoms with van der Waals surface area (Å²) in [5.41, 5.74) is 0.791. The molecule has 0 bridgehead atoms. The third-order valence-corrected chi connectivity index (χ3v) is 4.61. The van der Waals surface area contributed by atoms with Gasteiger partial charge in [-0.1, -0.05) is 12.2 Å². The number of aliphatic hydroxyl groups is 1. The van der Waals surface area contributed by atoms with Gasteiger partial charge >= 0.3 is 0 Å². The van der Waals surface area contributed by atoms with Crippen molar-refractivity contribution in [2.24, 2.45) is 0 Å². The first-order chi connectivity index (χ1) is 14.0. The maximum absolute atomic E-state index is 13.2. The second-order valence-corrected chi connectivity index (χ2v) is 6.63. The van der Waals surface area contributed by atoms with Gasteiger partial charge in [-0.3, -0.25) is 14.9 Å². The van der Waals surface area contributed by atoms with Gasteiger partial charge in [0.05, 0.1) is 24.3 Å². The fraction of sp³-hybridized carbons (Fsp3) is 0.150. The van der Waals surface area contributed by atoms with E-state index in [1.165, 1.54) is 24.3 Å². The second-order valence-electron chi connectivity index (χ2n) is 6.19. The van der Waals surface area contributed by atoms with Crippen LogP contribution in [-0.2, 0) is 13.2 Å². The number of benzene rings is 1. The van der Waals surface area contributed by atoms with Crippen LogP contribution < -0.4 is 9.88 Å². The van der Waals surface area contributed by atoms with E-state index in [0.29, 0.717) is 17.9 Å². The Hall–Kier alpha value is -3.43. The summed E-state index contributed by atoms with van der Waals surface area (Å²) in [5, 5.41) is 23.3. The van der Waals surface area contributed by atoms with E-state index in [4.69, 9.17) is 16.6 Å². The number of furan rings is 1. The number of thiocarbonyl (C=S) groups is 1. The van der Waals surface area contributed by atoms with Crippen molar-refractivity contribution < 1.29 is 23.8 Å². The van der Waals surface area contributed by atoms with Crippen molar-refractivity contribution >= 4 is 28.7 Å². The molecule has 0 spiro atoms. The number of nitrogens with one attached hydrogen (secondary N) is 1. The smallest absolute Gasteiger partial charge is 0.270 e. The summed E-state index contributed by atoms with van der Waals surface area (Å²) in [6.45, 7) is 0.113. The fourth-order valence-electron chi connectivity index (χ4n) is 2.78. The first-order valence-electron chi connectivity index (χ1n) is 8.69. The van der Waals surface area contributed by atoms with Crippen LogP contribution in [0, 0.1) is 10.1 Å². The fourth-order valence-corrected chi connectivity index (χ4v) is 3.08. The van der Waals surface area contributed by atoms with Crippen LogP contribution in [0.25, 0.3) is 0 Å². The summed E-state index contributed by atoms with van der Waals surface area (Å²) < 4.78 is 6.88. The van der Waals surface area contributed by atoms with Gasteiger partial charge in [0.15, 0.2) is 17.4 Å². The monoisotopic (exact) mass is 412 g/mol. The van der Waals surface area contributed by atoms with Gasteiger partial charge < -0.3 is 14.8 Å². The molecule has 2 aromatic heterocycles. The number of hydrogen-bond donors (Lipinski definition) is 2. The summed E-state index contributed by atoms with van der Waals surface area (Å²) in [7, 11) is 0. The number of hydrogen-bond acceptors (Lipinski definition) is 6. The van der Waals surface area contributed by atoms with Crippen molar-refractivity contribution in [3.63, 3.8) is 0 Å². The van der Waals surface area contributed by atoms with Crippen LogP contribution in [0.15, 0.2) is 71.6 Å². The predicted octanol–water partition coefficient (Wildman–Crippen LogP) is 2.51. The number of rotatable bonds is 8. The lowest BCUT2D eigenvalue weighted by molar-refractivity contribution is -0.692. The van der Waals surface area contributed by atoms with Gasteiger partial charge in [-0.25, -0.2) is 0 Å². The molecule has 3 rings (SSSR count). The number of ketones is 1. The molecule has 0 saturated heterocycles. The highest BCUT2D eigenvalue weighted by Crippen LogP contribution is 2.17. The molecule has 148 valence electrons. The van der Waals surface area contributed by atoms with Crippen molar-refractivity contribution in [3.05, 3.63) is 94.2 Å². The number of non-ortho nitro benzene ring substituents is 1. The van der Waals surface area contributed by atoms with Gasteiger partial charge in [0, 0.05) is 29.3 Å². The van der Waals surface area contributed by atoms with E-state index in [0.717, 1.165) is 0 Å². The first kappa shape index (κ1) is 20.3. The molecular weight excluding hydrogens is 394 g/mol. The summed E-state index contributed by atoms with van der Waals surface area (Å²) in [4.78, 5) is 23.8. The van der Waals surface area contributed by atoms with Crippen LogP contribution in [0.4, 0.5) is 5.69 Å². The Morgan fingerprint density at radius 3 is 2.62 bits per heavy atom. The van der Waals surface area contributed by atoms with Gasteiger partial charge in [0.25, 0.3) is 11.7 Å². The number of nitro benzene ring substituents is 1. The zero-order chi connectivity index (χ0) is 20.8. The predicted molar refractivity (Wildman–Crippen MR) is 107 cm³/mol. The van der Waals surface area contributed by atoms with E-state index >= 15 is 0 Å². The zero-order valence-electron chi connectivity index (χ0n) is 15.2. The Morgan fingerprint density at radius 1 is 1.24 bits per heavy atom. The van der Waals surface area contributed by atoms with E-state index in [1.807, 2.05) is 0 Å². The molecule has 0 saturated carbocycles. The average Bonchev–Trinajstić information content (AvgIpc) is 3.26. The van der Waals surface area contributed by atoms with Gasteiger partial charge in [-0.05, 0) is 30.3 Å². The lowest BCUT2D eigenvalue weighted by Crippen LogP contribution is -2.51. The van der Waals surface area contributed by atoms with Gasteiger partial charge in [0.1, 0.15) is 5.76 Å². The number of pyridine rings is 1. The molecule has 0 amide bonds. The van der Waals surface area contributed by atoms with E-state index < -0.39 is 11.0 Å². The SMILES string of the molecule is O=C(c1ccc([N+](=O)[O-])cc1)[C@H](C(=S)NCc1ccco1)[n+]1cccc(CO)c1. The summed E-state index contributed by atoms with van der Waals surface area (Å²) in [5.74, 6) is 0.319.